The van der Waals surface area contributed by atoms with Gasteiger partial charge in [0, 0.05) is 0 Å². The predicted octanol–water partition coefficient (Wildman–Crippen LogP) is 8.32. The van der Waals surface area contributed by atoms with E-state index in [2.05, 4.69) is 31.7 Å². The molecule has 0 spiro atoms. The Kier molecular flexibility index (Phi) is 20.0. The maximum Gasteiger partial charge on any atom is -0.0348 e. The van der Waals surface area contributed by atoms with Crippen molar-refractivity contribution in [3.05, 3.63) is 49.1 Å². The molecule has 132 valence electrons. The van der Waals surface area contributed by atoms with Crippen LogP contribution in [0.15, 0.2) is 49.1 Å². The average molecular weight is 317 g/mol. The largest absolute Gasteiger partial charge is 0.0991 e. The van der Waals surface area contributed by atoms with E-state index >= 15 is 0 Å². The van der Waals surface area contributed by atoms with Gasteiger partial charge in [0.1, 0.15) is 0 Å². The van der Waals surface area contributed by atoms with Crippen molar-refractivity contribution < 1.29 is 0 Å². The fraction of sp³-hybridized carbons (Fsp3) is 0.652. The van der Waals surface area contributed by atoms with Crippen LogP contribution in [0.25, 0.3) is 0 Å². The molecule has 0 bridgehead atoms. The van der Waals surface area contributed by atoms with Gasteiger partial charge in [0.25, 0.3) is 0 Å². The monoisotopic (exact) mass is 316 g/mol. The summed E-state index contributed by atoms with van der Waals surface area (Å²) in [6.07, 6.45) is 34.1. The summed E-state index contributed by atoms with van der Waals surface area (Å²) in [5.74, 6) is 0. The highest BCUT2D eigenvalue weighted by Gasteiger charge is 1.93. The highest BCUT2D eigenvalue weighted by Crippen LogP contribution is 2.12. The van der Waals surface area contributed by atoms with Crippen molar-refractivity contribution in [2.24, 2.45) is 0 Å². The second-order valence-corrected chi connectivity index (χ2v) is 6.46. The summed E-state index contributed by atoms with van der Waals surface area (Å²) in [7, 11) is 0. The Balaban J connectivity index is 3.13. The van der Waals surface area contributed by atoms with Crippen molar-refractivity contribution in [3.8, 4) is 0 Å². The molecule has 23 heavy (non-hydrogen) atoms. The lowest BCUT2D eigenvalue weighted by atomic mass is 10.0. The van der Waals surface area contributed by atoms with Gasteiger partial charge < -0.3 is 0 Å². The van der Waals surface area contributed by atoms with E-state index < -0.39 is 0 Å². The van der Waals surface area contributed by atoms with Crippen molar-refractivity contribution in [1.29, 1.82) is 0 Å². The molecule has 0 saturated carbocycles. The Bertz CT molecular complexity index is 306. The normalized spacial score (nSPS) is 12.0. The number of allylic oxidation sites excluding steroid dienone is 7. The van der Waals surface area contributed by atoms with Crippen LogP contribution in [0.1, 0.15) is 96.8 Å². The van der Waals surface area contributed by atoms with Gasteiger partial charge in [-0.3, -0.25) is 0 Å². The van der Waals surface area contributed by atoms with Crippen LogP contribution in [0.4, 0.5) is 0 Å². The molecule has 0 aliphatic carbocycles. The molecule has 0 radical (unpaired) electrons. The third kappa shape index (κ3) is 21.0. The Morgan fingerprint density at radius 3 is 1.48 bits per heavy atom. The number of hydrogen-bond acceptors (Lipinski definition) is 0. The smallest absolute Gasteiger partial charge is 0.0348 e. The molecule has 0 N–H and O–H groups in total. The summed E-state index contributed by atoms with van der Waals surface area (Å²) in [4.78, 5) is 0. The molecule has 0 amide bonds. The Labute approximate surface area is 146 Å². The molecule has 0 fully saturated rings. The van der Waals surface area contributed by atoms with Gasteiger partial charge in [-0.2, -0.15) is 0 Å². The average Bonchev–Trinajstić information content (AvgIpc) is 2.57. The highest BCUT2D eigenvalue weighted by molar-refractivity contribution is 5.14. The van der Waals surface area contributed by atoms with Crippen LogP contribution >= 0.6 is 0 Å². The molecule has 0 aromatic heterocycles. The van der Waals surface area contributed by atoms with Crippen LogP contribution in [0.3, 0.4) is 0 Å². The first-order chi connectivity index (χ1) is 11.4. The standard InChI is InChI=1S/C23H40/c1-3-5-7-9-11-13-15-17-19-21-23-22-20-18-16-14-12-10-8-6-4-2/h3,5,7,9,11,13,15H,1,4,6,8,10,12,14,16-23H2,2H3. The molecule has 0 rings (SSSR count). The van der Waals surface area contributed by atoms with E-state index in [-0.39, 0.29) is 0 Å². The van der Waals surface area contributed by atoms with Crippen LogP contribution in [-0.4, -0.2) is 0 Å². The van der Waals surface area contributed by atoms with Crippen molar-refractivity contribution in [2.45, 2.75) is 96.8 Å². The fourth-order valence-electron chi connectivity index (χ4n) is 2.73. The zero-order chi connectivity index (χ0) is 16.8. The van der Waals surface area contributed by atoms with Crippen LogP contribution in [0, 0.1) is 0 Å². The molecule has 0 nitrogen and oxygen atoms in total. The molecular weight excluding hydrogens is 276 g/mol. The molecule has 0 atom stereocenters. The van der Waals surface area contributed by atoms with Crippen LogP contribution in [0.2, 0.25) is 0 Å². The van der Waals surface area contributed by atoms with E-state index in [1.54, 1.807) is 6.08 Å². The third-order valence-electron chi connectivity index (χ3n) is 4.19. The lowest BCUT2D eigenvalue weighted by Gasteiger charge is -2.02. The third-order valence-corrected chi connectivity index (χ3v) is 4.19. The number of hydrogen-bond donors (Lipinski definition) is 0. The van der Waals surface area contributed by atoms with Gasteiger partial charge >= 0.3 is 0 Å². The molecule has 0 heterocycles. The minimum atomic E-state index is 1.22. The molecule has 0 aliphatic rings. The number of unbranched alkanes of at least 4 members (excludes halogenated alkanes) is 13. The van der Waals surface area contributed by atoms with Crippen molar-refractivity contribution >= 4 is 0 Å². The zero-order valence-electron chi connectivity index (χ0n) is 15.6. The Morgan fingerprint density at radius 1 is 0.522 bits per heavy atom. The van der Waals surface area contributed by atoms with Crippen LogP contribution in [-0.2, 0) is 0 Å². The molecule has 0 saturated heterocycles. The van der Waals surface area contributed by atoms with E-state index in [4.69, 9.17) is 0 Å². The maximum absolute atomic E-state index is 3.64. The van der Waals surface area contributed by atoms with Crippen molar-refractivity contribution in [1.82, 2.24) is 0 Å². The summed E-state index contributed by atoms with van der Waals surface area (Å²) >= 11 is 0. The molecule has 0 heteroatoms. The minimum Gasteiger partial charge on any atom is -0.0991 e. The first-order valence-electron chi connectivity index (χ1n) is 10.0. The summed E-state index contributed by atoms with van der Waals surface area (Å²) in [5.41, 5.74) is 0. The zero-order valence-corrected chi connectivity index (χ0v) is 15.6. The van der Waals surface area contributed by atoms with Gasteiger partial charge in [-0.25, -0.2) is 0 Å². The van der Waals surface area contributed by atoms with E-state index in [1.807, 2.05) is 18.2 Å². The van der Waals surface area contributed by atoms with E-state index in [0.717, 1.165) is 0 Å². The summed E-state index contributed by atoms with van der Waals surface area (Å²) in [6, 6.07) is 0. The SMILES string of the molecule is C=CC=CC=CC=CCCCCCCCCCCCCCCC. The first-order valence-corrected chi connectivity index (χ1v) is 10.0. The van der Waals surface area contributed by atoms with Gasteiger partial charge in [0.05, 0.1) is 0 Å². The van der Waals surface area contributed by atoms with E-state index in [1.165, 1.54) is 89.9 Å². The highest BCUT2D eigenvalue weighted by atomic mass is 14.0. The quantitative estimate of drug-likeness (QED) is 0.187. The van der Waals surface area contributed by atoms with E-state index in [9.17, 15) is 0 Å². The van der Waals surface area contributed by atoms with Gasteiger partial charge in [-0.05, 0) is 12.8 Å². The first kappa shape index (κ1) is 22.0. The number of rotatable bonds is 17. The lowest BCUT2D eigenvalue weighted by Crippen LogP contribution is -1.82. The van der Waals surface area contributed by atoms with Gasteiger partial charge in [-0.1, -0.05) is 133 Å². The van der Waals surface area contributed by atoms with Crippen molar-refractivity contribution in [3.63, 3.8) is 0 Å². The second kappa shape index (κ2) is 21.0. The summed E-state index contributed by atoms with van der Waals surface area (Å²) in [6.45, 7) is 5.93. The van der Waals surface area contributed by atoms with E-state index in [0.29, 0.717) is 0 Å². The van der Waals surface area contributed by atoms with Gasteiger partial charge in [0.2, 0.25) is 0 Å². The van der Waals surface area contributed by atoms with Crippen molar-refractivity contribution in [2.75, 3.05) is 0 Å². The molecule has 0 unspecified atom stereocenters. The predicted molar refractivity (Wildman–Crippen MR) is 108 cm³/mol. The Hall–Kier alpha value is -1.04. The summed E-state index contributed by atoms with van der Waals surface area (Å²) < 4.78 is 0. The van der Waals surface area contributed by atoms with Gasteiger partial charge in [0.15, 0.2) is 0 Å². The second-order valence-electron chi connectivity index (χ2n) is 6.46. The Morgan fingerprint density at radius 2 is 0.957 bits per heavy atom. The minimum absolute atomic E-state index is 1.22. The lowest BCUT2D eigenvalue weighted by molar-refractivity contribution is 0.540. The summed E-state index contributed by atoms with van der Waals surface area (Å²) in [5, 5.41) is 0. The maximum atomic E-state index is 3.64. The van der Waals surface area contributed by atoms with Crippen LogP contribution in [0.5, 0.6) is 0 Å². The molecular formula is C23H40. The molecule has 0 aromatic carbocycles. The molecule has 0 aliphatic heterocycles. The van der Waals surface area contributed by atoms with Gasteiger partial charge in [-0.15, -0.1) is 0 Å². The topological polar surface area (TPSA) is 0 Å². The fourth-order valence-corrected chi connectivity index (χ4v) is 2.73. The molecule has 0 aromatic rings. The van der Waals surface area contributed by atoms with Crippen LogP contribution < -0.4 is 0 Å².